The fourth-order valence-electron chi connectivity index (χ4n) is 2.52. The summed E-state index contributed by atoms with van der Waals surface area (Å²) in [7, 11) is -2.45. The molecular weight excluding hydrogens is 347 g/mol. The zero-order valence-corrected chi connectivity index (χ0v) is 14.1. The monoisotopic (exact) mass is 364 g/mol. The Morgan fingerprint density at radius 2 is 2.04 bits per heavy atom. The fourth-order valence-corrected chi connectivity index (χ4v) is 4.10. The maximum atomic E-state index is 13.8. The van der Waals surface area contributed by atoms with Gasteiger partial charge in [0.15, 0.2) is 0 Å². The summed E-state index contributed by atoms with van der Waals surface area (Å²) in [6.07, 6.45) is 0.533. The number of piperidine rings is 1. The van der Waals surface area contributed by atoms with Crippen molar-refractivity contribution in [2.45, 2.75) is 19.4 Å². The number of carboxylic acid groups (broad SMARTS) is 1. The minimum Gasteiger partial charge on any atom is -0.481 e. The molecule has 1 aromatic rings. The van der Waals surface area contributed by atoms with Gasteiger partial charge in [-0.25, -0.2) is 4.39 Å². The summed E-state index contributed by atoms with van der Waals surface area (Å²) < 4.78 is 41.1. The van der Waals surface area contributed by atoms with Crippen LogP contribution in [0.5, 0.6) is 0 Å². The largest absolute Gasteiger partial charge is 0.481 e. The molecule has 23 heavy (non-hydrogen) atoms. The summed E-state index contributed by atoms with van der Waals surface area (Å²) in [4.78, 5) is 10.9. The van der Waals surface area contributed by atoms with Gasteiger partial charge in [0, 0.05) is 37.3 Å². The van der Waals surface area contributed by atoms with E-state index in [1.54, 1.807) is 0 Å². The van der Waals surface area contributed by atoms with Crippen molar-refractivity contribution in [3.8, 4) is 0 Å². The molecule has 2 rings (SSSR count). The van der Waals surface area contributed by atoms with Crippen LogP contribution < -0.4 is 0 Å². The second kappa shape index (κ2) is 7.12. The molecule has 1 fully saturated rings. The van der Waals surface area contributed by atoms with Crippen molar-refractivity contribution in [3.05, 3.63) is 34.6 Å². The predicted molar refractivity (Wildman–Crippen MR) is 83.7 cm³/mol. The Balaban J connectivity index is 2.09. The van der Waals surface area contributed by atoms with Gasteiger partial charge in [-0.1, -0.05) is 17.7 Å². The summed E-state index contributed by atoms with van der Waals surface area (Å²) in [6.45, 7) is 0.0794. The quantitative estimate of drug-likeness (QED) is 0.866. The zero-order valence-electron chi connectivity index (χ0n) is 12.6. The number of nitrogens with zero attached hydrogens (tertiary/aromatic N) is 2. The van der Waals surface area contributed by atoms with Crippen LogP contribution in [-0.4, -0.2) is 48.2 Å². The molecule has 0 spiro atoms. The van der Waals surface area contributed by atoms with E-state index in [4.69, 9.17) is 16.7 Å². The Morgan fingerprint density at radius 1 is 1.43 bits per heavy atom. The van der Waals surface area contributed by atoms with Gasteiger partial charge in [0.2, 0.25) is 0 Å². The van der Waals surface area contributed by atoms with Crippen molar-refractivity contribution in [2.75, 3.05) is 20.1 Å². The third-order valence-electron chi connectivity index (χ3n) is 3.97. The van der Waals surface area contributed by atoms with Gasteiger partial charge in [-0.05, 0) is 25.0 Å². The number of rotatable bonds is 5. The van der Waals surface area contributed by atoms with Gasteiger partial charge in [0.1, 0.15) is 5.82 Å². The normalized spacial score (nSPS) is 17.6. The standard InChI is InChI=1S/C14H18ClFN2O4S/c1-17(9-11-12(15)3-2-4-13(11)16)23(21,22)18-7-5-10(6-8-18)14(19)20/h2-4,10H,5-9H2,1H3,(H,19,20). The average Bonchev–Trinajstić information content (AvgIpc) is 2.50. The number of carboxylic acids is 1. The molecule has 1 aromatic carbocycles. The van der Waals surface area contributed by atoms with Gasteiger partial charge in [-0.15, -0.1) is 0 Å². The molecule has 6 nitrogen and oxygen atoms in total. The highest BCUT2D eigenvalue weighted by Crippen LogP contribution is 2.24. The van der Waals surface area contributed by atoms with Crippen LogP contribution in [0, 0.1) is 11.7 Å². The summed E-state index contributed by atoms with van der Waals surface area (Å²) in [5, 5.41) is 9.12. The predicted octanol–water partition coefficient (Wildman–Crippen LogP) is 1.95. The lowest BCUT2D eigenvalue weighted by molar-refractivity contribution is -0.142. The molecule has 1 heterocycles. The second-order valence-electron chi connectivity index (χ2n) is 5.48. The molecule has 0 aromatic heterocycles. The van der Waals surface area contributed by atoms with Crippen molar-refractivity contribution in [3.63, 3.8) is 0 Å². The van der Waals surface area contributed by atoms with E-state index in [0.717, 1.165) is 4.31 Å². The van der Waals surface area contributed by atoms with Crippen LogP contribution in [0.25, 0.3) is 0 Å². The number of hydrogen-bond acceptors (Lipinski definition) is 3. The Hall–Kier alpha value is -1.22. The molecule has 1 aliphatic heterocycles. The summed E-state index contributed by atoms with van der Waals surface area (Å²) in [5.41, 5.74) is 0.112. The van der Waals surface area contributed by atoms with Crippen LogP contribution in [0.15, 0.2) is 18.2 Å². The number of hydrogen-bond donors (Lipinski definition) is 1. The molecule has 0 aliphatic carbocycles. The van der Waals surface area contributed by atoms with Crippen molar-refractivity contribution < 1.29 is 22.7 Å². The van der Waals surface area contributed by atoms with E-state index >= 15 is 0 Å². The second-order valence-corrected chi connectivity index (χ2v) is 7.92. The third-order valence-corrected chi connectivity index (χ3v) is 6.25. The molecule has 0 amide bonds. The minimum atomic E-state index is -3.79. The highest BCUT2D eigenvalue weighted by Gasteiger charge is 2.33. The molecule has 128 valence electrons. The lowest BCUT2D eigenvalue weighted by atomic mass is 9.99. The molecule has 0 atom stereocenters. The van der Waals surface area contributed by atoms with Crippen LogP contribution in [0.1, 0.15) is 18.4 Å². The highest BCUT2D eigenvalue weighted by atomic mass is 35.5. The summed E-state index contributed by atoms with van der Waals surface area (Å²) in [5.74, 6) is -1.99. The van der Waals surface area contributed by atoms with Crippen LogP contribution in [0.3, 0.4) is 0 Å². The first kappa shape index (κ1) is 18.1. The maximum absolute atomic E-state index is 13.8. The van der Waals surface area contributed by atoms with E-state index in [-0.39, 0.29) is 43.1 Å². The molecule has 0 bridgehead atoms. The number of carbonyl (C=O) groups is 1. The molecule has 0 unspecified atom stereocenters. The maximum Gasteiger partial charge on any atom is 0.306 e. The Morgan fingerprint density at radius 3 is 2.57 bits per heavy atom. The number of aliphatic carboxylic acids is 1. The summed E-state index contributed by atoms with van der Waals surface area (Å²) >= 11 is 5.92. The smallest absolute Gasteiger partial charge is 0.306 e. The van der Waals surface area contributed by atoms with Gasteiger partial charge in [-0.3, -0.25) is 4.79 Å². The number of benzene rings is 1. The van der Waals surface area contributed by atoms with Gasteiger partial charge in [0.05, 0.1) is 5.92 Å². The van der Waals surface area contributed by atoms with E-state index in [9.17, 15) is 17.6 Å². The Bertz CT molecular complexity index is 670. The molecule has 9 heteroatoms. The number of halogens is 2. The van der Waals surface area contributed by atoms with Crippen molar-refractivity contribution in [1.82, 2.24) is 8.61 Å². The van der Waals surface area contributed by atoms with E-state index < -0.39 is 27.9 Å². The van der Waals surface area contributed by atoms with E-state index in [1.165, 1.54) is 29.6 Å². The molecule has 0 saturated carbocycles. The molecule has 0 radical (unpaired) electrons. The molecular formula is C14H18ClFN2O4S. The fraction of sp³-hybridized carbons (Fsp3) is 0.500. The van der Waals surface area contributed by atoms with Crippen LogP contribution in [-0.2, 0) is 21.5 Å². The zero-order chi connectivity index (χ0) is 17.2. The first-order chi connectivity index (χ1) is 10.7. The van der Waals surface area contributed by atoms with Crippen LogP contribution >= 0.6 is 11.6 Å². The first-order valence-electron chi connectivity index (χ1n) is 7.10. The first-order valence-corrected chi connectivity index (χ1v) is 8.88. The third kappa shape index (κ3) is 4.00. The lowest BCUT2D eigenvalue weighted by Crippen LogP contribution is -2.46. The average molecular weight is 365 g/mol. The summed E-state index contributed by atoms with van der Waals surface area (Å²) in [6, 6.07) is 4.17. The topological polar surface area (TPSA) is 77.9 Å². The van der Waals surface area contributed by atoms with E-state index in [2.05, 4.69) is 0 Å². The van der Waals surface area contributed by atoms with Gasteiger partial charge in [0.25, 0.3) is 10.2 Å². The van der Waals surface area contributed by atoms with E-state index in [1.807, 2.05) is 0 Å². The minimum absolute atomic E-state index is 0.112. The van der Waals surface area contributed by atoms with Crippen LogP contribution in [0.4, 0.5) is 4.39 Å². The SMILES string of the molecule is CN(Cc1c(F)cccc1Cl)S(=O)(=O)N1CCC(C(=O)O)CC1. The highest BCUT2D eigenvalue weighted by molar-refractivity contribution is 7.86. The van der Waals surface area contributed by atoms with E-state index in [0.29, 0.717) is 0 Å². The van der Waals surface area contributed by atoms with Crippen molar-refractivity contribution in [1.29, 1.82) is 0 Å². The van der Waals surface area contributed by atoms with Crippen LogP contribution in [0.2, 0.25) is 5.02 Å². The Labute approximate surface area is 139 Å². The van der Waals surface area contributed by atoms with Crippen molar-refractivity contribution in [2.24, 2.45) is 5.92 Å². The molecule has 1 saturated heterocycles. The van der Waals surface area contributed by atoms with Gasteiger partial charge < -0.3 is 5.11 Å². The molecule has 1 aliphatic rings. The van der Waals surface area contributed by atoms with Crippen molar-refractivity contribution >= 4 is 27.8 Å². The van der Waals surface area contributed by atoms with Gasteiger partial charge >= 0.3 is 5.97 Å². The Kier molecular flexibility index (Phi) is 5.61. The molecule has 1 N–H and O–H groups in total. The van der Waals surface area contributed by atoms with Gasteiger partial charge in [-0.2, -0.15) is 17.0 Å². The lowest BCUT2D eigenvalue weighted by Gasteiger charge is -2.32.